The zero-order valence-corrected chi connectivity index (χ0v) is 10.6. The van der Waals surface area contributed by atoms with Gasteiger partial charge >= 0.3 is 0 Å². The molecule has 0 aliphatic heterocycles. The van der Waals surface area contributed by atoms with Crippen molar-refractivity contribution in [1.29, 1.82) is 0 Å². The van der Waals surface area contributed by atoms with E-state index in [0.717, 1.165) is 29.3 Å². The van der Waals surface area contributed by atoms with Crippen LogP contribution in [-0.4, -0.2) is 9.55 Å². The lowest BCUT2D eigenvalue weighted by Crippen LogP contribution is -2.12. The maximum Gasteiger partial charge on any atom is 0.108 e. The molecule has 0 aliphatic carbocycles. The second-order valence-electron chi connectivity index (χ2n) is 4.15. The smallest absolute Gasteiger partial charge is 0.108 e. The number of benzene rings is 1. The lowest BCUT2D eigenvalue weighted by atomic mass is 10.0. The monoisotopic (exact) mass is 249 g/mol. The molecule has 0 bridgehead atoms. The first-order valence-electron chi connectivity index (χ1n) is 5.64. The van der Waals surface area contributed by atoms with Crippen molar-refractivity contribution in [3.8, 4) is 0 Å². The van der Waals surface area contributed by atoms with Gasteiger partial charge in [-0.25, -0.2) is 4.98 Å². The van der Waals surface area contributed by atoms with Gasteiger partial charge in [0.25, 0.3) is 0 Å². The molecule has 1 unspecified atom stereocenters. The summed E-state index contributed by atoms with van der Waals surface area (Å²) in [5.41, 5.74) is 7.25. The summed E-state index contributed by atoms with van der Waals surface area (Å²) in [6.45, 7) is 0. The molecular weight excluding hydrogens is 234 g/mol. The molecule has 0 saturated heterocycles. The van der Waals surface area contributed by atoms with Gasteiger partial charge in [0.15, 0.2) is 0 Å². The number of imidazole rings is 1. The van der Waals surface area contributed by atoms with Crippen LogP contribution in [-0.2, 0) is 13.5 Å². The first-order chi connectivity index (χ1) is 8.16. The third-order valence-electron chi connectivity index (χ3n) is 2.90. The Kier molecular flexibility index (Phi) is 3.82. The van der Waals surface area contributed by atoms with Gasteiger partial charge in [-0.15, -0.1) is 0 Å². The number of nitrogens with two attached hydrogens (primary N) is 1. The standard InChI is InChI=1S/C13H16ClN3/c1-17-9-8-16-13(17)7-6-12(15)10-2-4-11(14)5-3-10/h2-5,8-9,12H,6-7,15H2,1H3. The van der Waals surface area contributed by atoms with E-state index < -0.39 is 0 Å². The van der Waals surface area contributed by atoms with Crippen LogP contribution in [0, 0.1) is 0 Å². The molecular formula is C13H16ClN3. The third kappa shape index (κ3) is 3.08. The van der Waals surface area contributed by atoms with Crippen LogP contribution in [0.4, 0.5) is 0 Å². The Bertz CT molecular complexity index is 476. The molecule has 1 aromatic heterocycles. The molecule has 1 atom stereocenters. The van der Waals surface area contributed by atoms with Crippen molar-refractivity contribution in [2.45, 2.75) is 18.9 Å². The van der Waals surface area contributed by atoms with Crippen LogP contribution in [0.5, 0.6) is 0 Å². The number of rotatable bonds is 4. The van der Waals surface area contributed by atoms with Crippen LogP contribution in [0.2, 0.25) is 5.02 Å². The molecule has 2 N–H and O–H groups in total. The van der Waals surface area contributed by atoms with Crippen molar-refractivity contribution >= 4 is 11.6 Å². The molecule has 1 heterocycles. The van der Waals surface area contributed by atoms with E-state index >= 15 is 0 Å². The van der Waals surface area contributed by atoms with Gasteiger partial charge in [-0.3, -0.25) is 0 Å². The molecule has 1 aromatic carbocycles. The zero-order valence-electron chi connectivity index (χ0n) is 9.81. The van der Waals surface area contributed by atoms with Crippen molar-refractivity contribution in [3.05, 3.63) is 53.1 Å². The molecule has 0 spiro atoms. The molecule has 0 radical (unpaired) electrons. The zero-order chi connectivity index (χ0) is 12.3. The highest BCUT2D eigenvalue weighted by molar-refractivity contribution is 6.30. The Labute approximate surface area is 106 Å². The van der Waals surface area contributed by atoms with Gasteiger partial charge in [-0.1, -0.05) is 23.7 Å². The minimum Gasteiger partial charge on any atom is -0.338 e. The molecule has 0 amide bonds. The minimum atomic E-state index is 0.0315. The second-order valence-corrected chi connectivity index (χ2v) is 4.59. The van der Waals surface area contributed by atoms with Crippen LogP contribution >= 0.6 is 11.6 Å². The molecule has 3 nitrogen and oxygen atoms in total. The third-order valence-corrected chi connectivity index (χ3v) is 3.15. The van der Waals surface area contributed by atoms with Crippen molar-refractivity contribution in [3.63, 3.8) is 0 Å². The molecule has 0 fully saturated rings. The van der Waals surface area contributed by atoms with Gasteiger partial charge in [0.2, 0.25) is 0 Å². The highest BCUT2D eigenvalue weighted by Gasteiger charge is 2.08. The van der Waals surface area contributed by atoms with Crippen molar-refractivity contribution in [1.82, 2.24) is 9.55 Å². The van der Waals surface area contributed by atoms with E-state index in [1.165, 1.54) is 0 Å². The van der Waals surface area contributed by atoms with E-state index in [1.807, 2.05) is 48.3 Å². The molecule has 0 saturated carbocycles. The predicted octanol–water partition coefficient (Wildman–Crippen LogP) is 2.71. The number of hydrogen-bond donors (Lipinski definition) is 1. The van der Waals surface area contributed by atoms with E-state index in [1.54, 1.807) is 0 Å². The number of halogens is 1. The van der Waals surface area contributed by atoms with Gasteiger partial charge in [0.05, 0.1) is 0 Å². The fourth-order valence-corrected chi connectivity index (χ4v) is 1.92. The molecule has 17 heavy (non-hydrogen) atoms. The van der Waals surface area contributed by atoms with Gasteiger partial charge < -0.3 is 10.3 Å². The first-order valence-corrected chi connectivity index (χ1v) is 6.02. The molecule has 0 aliphatic rings. The highest BCUT2D eigenvalue weighted by Crippen LogP contribution is 2.18. The van der Waals surface area contributed by atoms with Crippen LogP contribution < -0.4 is 5.73 Å². The summed E-state index contributed by atoms with van der Waals surface area (Å²) in [6, 6.07) is 7.73. The average molecular weight is 250 g/mol. The van der Waals surface area contributed by atoms with Crippen LogP contribution in [0.15, 0.2) is 36.7 Å². The van der Waals surface area contributed by atoms with Gasteiger partial charge in [0, 0.05) is 36.9 Å². The van der Waals surface area contributed by atoms with E-state index in [4.69, 9.17) is 17.3 Å². The summed E-state index contributed by atoms with van der Waals surface area (Å²) in [4.78, 5) is 4.28. The maximum absolute atomic E-state index is 6.13. The first kappa shape index (κ1) is 12.1. The summed E-state index contributed by atoms with van der Waals surface area (Å²) in [7, 11) is 2.00. The quantitative estimate of drug-likeness (QED) is 0.906. The summed E-state index contributed by atoms with van der Waals surface area (Å²) in [6.07, 6.45) is 5.52. The largest absolute Gasteiger partial charge is 0.338 e. The number of aromatic nitrogens is 2. The fraction of sp³-hybridized carbons (Fsp3) is 0.308. The number of nitrogens with zero attached hydrogens (tertiary/aromatic N) is 2. The molecule has 4 heteroatoms. The number of hydrogen-bond acceptors (Lipinski definition) is 2. The Hall–Kier alpha value is -1.32. The van der Waals surface area contributed by atoms with Crippen molar-refractivity contribution in [2.75, 3.05) is 0 Å². The normalized spacial score (nSPS) is 12.6. The molecule has 90 valence electrons. The second kappa shape index (κ2) is 5.34. The molecule has 2 aromatic rings. The molecule has 2 rings (SSSR count). The SMILES string of the molecule is Cn1ccnc1CCC(N)c1ccc(Cl)cc1. The summed E-state index contributed by atoms with van der Waals surface area (Å²) in [5.74, 6) is 1.06. The van der Waals surface area contributed by atoms with E-state index in [9.17, 15) is 0 Å². The summed E-state index contributed by atoms with van der Waals surface area (Å²) < 4.78 is 2.02. The Morgan fingerprint density at radius 3 is 2.65 bits per heavy atom. The van der Waals surface area contributed by atoms with Crippen molar-refractivity contribution < 1.29 is 0 Å². The Morgan fingerprint density at radius 1 is 1.35 bits per heavy atom. The van der Waals surface area contributed by atoms with Gasteiger partial charge in [-0.05, 0) is 24.1 Å². The lowest BCUT2D eigenvalue weighted by molar-refractivity contribution is 0.621. The average Bonchev–Trinajstić information content (AvgIpc) is 2.73. The van der Waals surface area contributed by atoms with Crippen LogP contribution in [0.25, 0.3) is 0 Å². The fourth-order valence-electron chi connectivity index (χ4n) is 1.80. The number of aryl methyl sites for hydroxylation is 2. The summed E-state index contributed by atoms with van der Waals surface area (Å²) >= 11 is 5.84. The predicted molar refractivity (Wildman–Crippen MR) is 69.9 cm³/mol. The minimum absolute atomic E-state index is 0.0315. The topological polar surface area (TPSA) is 43.8 Å². The van der Waals surface area contributed by atoms with Gasteiger partial charge in [-0.2, -0.15) is 0 Å². The summed E-state index contributed by atoms with van der Waals surface area (Å²) in [5, 5.41) is 0.741. The maximum atomic E-state index is 6.13. The van der Waals surface area contributed by atoms with Crippen molar-refractivity contribution in [2.24, 2.45) is 12.8 Å². The van der Waals surface area contributed by atoms with E-state index in [0.29, 0.717) is 0 Å². The van der Waals surface area contributed by atoms with Crippen LogP contribution in [0.3, 0.4) is 0 Å². The Balaban J connectivity index is 1.95. The van der Waals surface area contributed by atoms with E-state index in [2.05, 4.69) is 4.98 Å². The highest BCUT2D eigenvalue weighted by atomic mass is 35.5. The lowest BCUT2D eigenvalue weighted by Gasteiger charge is -2.11. The Morgan fingerprint density at radius 2 is 2.06 bits per heavy atom. The van der Waals surface area contributed by atoms with E-state index in [-0.39, 0.29) is 6.04 Å². The van der Waals surface area contributed by atoms with Crippen LogP contribution in [0.1, 0.15) is 23.9 Å². The van der Waals surface area contributed by atoms with Gasteiger partial charge in [0.1, 0.15) is 5.82 Å².